The number of ether oxygens (including phenoxy) is 2. The summed E-state index contributed by atoms with van der Waals surface area (Å²) in [4.78, 5) is 0. The van der Waals surface area contributed by atoms with E-state index in [4.69, 9.17) is 9.47 Å². The maximum absolute atomic E-state index is 9.69. The van der Waals surface area contributed by atoms with E-state index >= 15 is 0 Å². The standard InChI is InChI=1S/C16H21NO2/c1-18-14-8-7-13(11-15(14)19-2)16(12-17)9-5-3-4-6-10-16/h7-8,11H,3-6,9-10H2,1-2H3. The van der Waals surface area contributed by atoms with Gasteiger partial charge in [0.15, 0.2) is 11.5 Å². The van der Waals surface area contributed by atoms with Crippen LogP contribution in [0.4, 0.5) is 0 Å². The van der Waals surface area contributed by atoms with Gasteiger partial charge in [-0.15, -0.1) is 0 Å². The second-order valence-electron chi connectivity index (χ2n) is 5.18. The van der Waals surface area contributed by atoms with Crippen molar-refractivity contribution in [2.45, 2.75) is 43.9 Å². The third kappa shape index (κ3) is 2.68. The molecule has 0 radical (unpaired) electrons. The molecular weight excluding hydrogens is 238 g/mol. The van der Waals surface area contributed by atoms with E-state index < -0.39 is 0 Å². The molecule has 0 amide bonds. The quantitative estimate of drug-likeness (QED) is 0.775. The lowest BCUT2D eigenvalue weighted by atomic mass is 9.75. The number of methoxy groups -OCH3 is 2. The van der Waals surface area contributed by atoms with Crippen LogP contribution in [0.3, 0.4) is 0 Å². The second-order valence-corrected chi connectivity index (χ2v) is 5.18. The van der Waals surface area contributed by atoms with Crippen molar-refractivity contribution in [2.24, 2.45) is 0 Å². The minimum Gasteiger partial charge on any atom is -0.493 e. The van der Waals surface area contributed by atoms with Crippen LogP contribution in [0.1, 0.15) is 44.1 Å². The molecule has 1 aliphatic rings. The highest BCUT2D eigenvalue weighted by Gasteiger charge is 2.33. The summed E-state index contributed by atoms with van der Waals surface area (Å²) in [5.41, 5.74) is 0.713. The number of hydrogen-bond acceptors (Lipinski definition) is 3. The van der Waals surface area contributed by atoms with E-state index in [9.17, 15) is 5.26 Å². The van der Waals surface area contributed by atoms with E-state index in [2.05, 4.69) is 6.07 Å². The minimum atomic E-state index is -0.351. The normalized spacial score (nSPS) is 18.2. The van der Waals surface area contributed by atoms with Crippen LogP contribution in [0, 0.1) is 11.3 Å². The summed E-state index contributed by atoms with van der Waals surface area (Å²) in [5, 5.41) is 9.69. The predicted molar refractivity (Wildman–Crippen MR) is 74.5 cm³/mol. The van der Waals surface area contributed by atoms with E-state index in [0.29, 0.717) is 11.5 Å². The van der Waals surface area contributed by atoms with Crippen LogP contribution >= 0.6 is 0 Å². The summed E-state index contributed by atoms with van der Waals surface area (Å²) in [5.74, 6) is 1.42. The van der Waals surface area contributed by atoms with Gasteiger partial charge in [-0.05, 0) is 30.5 Å². The van der Waals surface area contributed by atoms with Gasteiger partial charge in [-0.25, -0.2) is 0 Å². The van der Waals surface area contributed by atoms with Crippen molar-refractivity contribution >= 4 is 0 Å². The number of hydrogen-bond donors (Lipinski definition) is 0. The Labute approximate surface area is 115 Å². The molecular formula is C16H21NO2. The van der Waals surface area contributed by atoms with Gasteiger partial charge in [0, 0.05) is 0 Å². The third-order valence-electron chi connectivity index (χ3n) is 4.11. The Bertz CT molecular complexity index is 468. The van der Waals surface area contributed by atoms with Gasteiger partial charge in [0.05, 0.1) is 25.7 Å². The van der Waals surface area contributed by atoms with Crippen LogP contribution < -0.4 is 9.47 Å². The largest absolute Gasteiger partial charge is 0.493 e. The molecule has 0 atom stereocenters. The van der Waals surface area contributed by atoms with Crippen molar-refractivity contribution in [3.8, 4) is 17.6 Å². The molecule has 1 saturated carbocycles. The van der Waals surface area contributed by atoms with Crippen LogP contribution in [-0.4, -0.2) is 14.2 Å². The molecule has 1 fully saturated rings. The van der Waals surface area contributed by atoms with Crippen molar-refractivity contribution in [1.82, 2.24) is 0 Å². The Kier molecular flexibility index (Phi) is 4.31. The molecule has 0 aliphatic heterocycles. The highest BCUT2D eigenvalue weighted by atomic mass is 16.5. The Hall–Kier alpha value is -1.69. The fourth-order valence-corrected chi connectivity index (χ4v) is 2.93. The van der Waals surface area contributed by atoms with Gasteiger partial charge in [-0.2, -0.15) is 5.26 Å². The molecule has 102 valence electrons. The lowest BCUT2D eigenvalue weighted by molar-refractivity contribution is 0.353. The Morgan fingerprint density at radius 3 is 2.16 bits per heavy atom. The first-order valence-electron chi connectivity index (χ1n) is 6.89. The highest BCUT2D eigenvalue weighted by Crippen LogP contribution is 2.40. The third-order valence-corrected chi connectivity index (χ3v) is 4.11. The zero-order valence-electron chi connectivity index (χ0n) is 11.7. The number of benzene rings is 1. The summed E-state index contributed by atoms with van der Waals surface area (Å²) in [7, 11) is 3.26. The Morgan fingerprint density at radius 1 is 1.00 bits per heavy atom. The number of nitrogens with zero attached hydrogens (tertiary/aromatic N) is 1. The lowest BCUT2D eigenvalue weighted by Gasteiger charge is -2.26. The molecule has 1 aromatic rings. The van der Waals surface area contributed by atoms with Crippen molar-refractivity contribution in [3.63, 3.8) is 0 Å². The lowest BCUT2D eigenvalue weighted by Crippen LogP contribution is -2.23. The summed E-state index contributed by atoms with van der Waals surface area (Å²) < 4.78 is 10.6. The van der Waals surface area contributed by atoms with Crippen molar-refractivity contribution < 1.29 is 9.47 Å². The smallest absolute Gasteiger partial charge is 0.161 e. The molecule has 19 heavy (non-hydrogen) atoms. The molecule has 0 spiro atoms. The predicted octanol–water partition coefficient (Wildman–Crippen LogP) is 3.82. The first-order valence-corrected chi connectivity index (χ1v) is 6.89. The fraction of sp³-hybridized carbons (Fsp3) is 0.562. The molecule has 2 rings (SSSR count). The molecule has 3 nitrogen and oxygen atoms in total. The summed E-state index contributed by atoms with van der Waals surface area (Å²) in [6.45, 7) is 0. The molecule has 0 saturated heterocycles. The summed E-state index contributed by atoms with van der Waals surface area (Å²) >= 11 is 0. The van der Waals surface area contributed by atoms with Gasteiger partial charge >= 0.3 is 0 Å². The number of nitriles is 1. The maximum Gasteiger partial charge on any atom is 0.161 e. The molecule has 0 unspecified atom stereocenters. The number of rotatable bonds is 3. The molecule has 1 aliphatic carbocycles. The molecule has 0 N–H and O–H groups in total. The van der Waals surface area contributed by atoms with E-state index in [1.165, 1.54) is 12.8 Å². The van der Waals surface area contributed by atoms with Crippen molar-refractivity contribution in [3.05, 3.63) is 23.8 Å². The van der Waals surface area contributed by atoms with Crippen molar-refractivity contribution in [2.75, 3.05) is 14.2 Å². The molecule has 0 bridgehead atoms. The van der Waals surface area contributed by atoms with Gasteiger partial charge in [-0.1, -0.05) is 31.7 Å². The van der Waals surface area contributed by atoms with Gasteiger partial charge < -0.3 is 9.47 Å². The SMILES string of the molecule is COc1ccc(C2(C#N)CCCCCC2)cc1OC. The first-order chi connectivity index (χ1) is 9.25. The van der Waals surface area contributed by atoms with E-state index in [-0.39, 0.29) is 5.41 Å². The zero-order valence-corrected chi connectivity index (χ0v) is 11.7. The van der Waals surface area contributed by atoms with Crippen molar-refractivity contribution in [1.29, 1.82) is 5.26 Å². The Morgan fingerprint density at radius 2 is 1.63 bits per heavy atom. The molecule has 0 heterocycles. The molecule has 0 aromatic heterocycles. The van der Waals surface area contributed by atoms with E-state index in [1.54, 1.807) is 14.2 Å². The van der Waals surface area contributed by atoms with Gasteiger partial charge in [0.25, 0.3) is 0 Å². The van der Waals surface area contributed by atoms with Gasteiger partial charge in [-0.3, -0.25) is 0 Å². The monoisotopic (exact) mass is 259 g/mol. The second kappa shape index (κ2) is 5.97. The van der Waals surface area contributed by atoms with E-state index in [0.717, 1.165) is 31.2 Å². The van der Waals surface area contributed by atoms with Crippen LogP contribution in [0.15, 0.2) is 18.2 Å². The Balaban J connectivity index is 2.40. The topological polar surface area (TPSA) is 42.2 Å². The zero-order chi connectivity index (χ0) is 13.7. The van der Waals surface area contributed by atoms with E-state index in [1.807, 2.05) is 18.2 Å². The van der Waals surface area contributed by atoms with Crippen LogP contribution in [0.5, 0.6) is 11.5 Å². The fourth-order valence-electron chi connectivity index (χ4n) is 2.93. The first kappa shape index (κ1) is 13.7. The van der Waals surface area contributed by atoms with Gasteiger partial charge in [0.2, 0.25) is 0 Å². The maximum atomic E-state index is 9.69. The average Bonchev–Trinajstić information content (AvgIpc) is 2.72. The minimum absolute atomic E-state index is 0.351. The van der Waals surface area contributed by atoms with Gasteiger partial charge in [0.1, 0.15) is 0 Å². The highest BCUT2D eigenvalue weighted by molar-refractivity contribution is 5.47. The molecule has 1 aromatic carbocycles. The summed E-state index contributed by atoms with van der Waals surface area (Å²) in [6, 6.07) is 8.44. The average molecular weight is 259 g/mol. The molecule has 3 heteroatoms. The van der Waals surface area contributed by atoms with Crippen LogP contribution in [-0.2, 0) is 5.41 Å². The van der Waals surface area contributed by atoms with Crippen LogP contribution in [0.25, 0.3) is 0 Å². The van der Waals surface area contributed by atoms with Crippen LogP contribution in [0.2, 0.25) is 0 Å². The summed E-state index contributed by atoms with van der Waals surface area (Å²) in [6.07, 6.45) is 6.61.